The molecule has 0 spiro atoms. The van der Waals surface area contributed by atoms with Crippen LogP contribution in [0.25, 0.3) is 0 Å². The van der Waals surface area contributed by atoms with E-state index in [4.69, 9.17) is 4.74 Å². The van der Waals surface area contributed by atoms with Gasteiger partial charge in [0.25, 0.3) is 0 Å². The minimum absolute atomic E-state index is 0. The van der Waals surface area contributed by atoms with Crippen LogP contribution in [-0.4, -0.2) is 32.7 Å². The SMILES string of the molecule is [CH2-]CC(=O)COC.[CH2-]COCC(C)(C)C.[W+2]. The zero-order chi connectivity index (χ0) is 12.3. The van der Waals surface area contributed by atoms with Gasteiger partial charge >= 0.3 is 21.1 Å². The van der Waals surface area contributed by atoms with E-state index in [0.717, 1.165) is 6.61 Å². The van der Waals surface area contributed by atoms with E-state index in [1.165, 1.54) is 7.11 Å². The van der Waals surface area contributed by atoms with Gasteiger partial charge in [0.2, 0.25) is 0 Å². The first-order valence-corrected chi connectivity index (χ1v) is 5.04. The van der Waals surface area contributed by atoms with E-state index in [1.54, 1.807) is 0 Å². The number of Topliss-reactive ketones (excluding diaryl/α,β-unsaturated/α-hetero) is 1. The van der Waals surface area contributed by atoms with Crippen LogP contribution in [-0.2, 0) is 35.3 Å². The van der Waals surface area contributed by atoms with Crippen molar-refractivity contribution in [2.75, 3.05) is 26.9 Å². The molecule has 0 amide bonds. The predicted octanol–water partition coefficient (Wildman–Crippen LogP) is 2.31. The van der Waals surface area contributed by atoms with Crippen LogP contribution in [0.1, 0.15) is 27.2 Å². The number of rotatable bonds is 5. The summed E-state index contributed by atoms with van der Waals surface area (Å²) in [6, 6.07) is 0. The van der Waals surface area contributed by atoms with Gasteiger partial charge in [0, 0.05) is 13.7 Å². The van der Waals surface area contributed by atoms with Gasteiger partial charge in [0.15, 0.2) is 0 Å². The van der Waals surface area contributed by atoms with E-state index in [-0.39, 0.29) is 38.9 Å². The molecule has 0 heterocycles. The molecule has 0 rings (SSSR count). The Morgan fingerprint density at radius 2 is 1.75 bits per heavy atom. The maximum absolute atomic E-state index is 10.2. The van der Waals surface area contributed by atoms with Crippen molar-refractivity contribution >= 4 is 5.78 Å². The van der Waals surface area contributed by atoms with E-state index >= 15 is 0 Å². The fraction of sp³-hybridized carbons (Fsp3) is 0.750. The van der Waals surface area contributed by atoms with Gasteiger partial charge in [-0.05, 0) is 5.41 Å². The van der Waals surface area contributed by atoms with Crippen molar-refractivity contribution in [2.24, 2.45) is 5.41 Å². The molecule has 96 valence electrons. The van der Waals surface area contributed by atoms with Crippen LogP contribution in [0.2, 0.25) is 0 Å². The molecule has 0 unspecified atom stereocenters. The average Bonchev–Trinajstić information content (AvgIpc) is 2.15. The third-order valence-corrected chi connectivity index (χ3v) is 1.26. The van der Waals surface area contributed by atoms with Crippen LogP contribution in [0.4, 0.5) is 0 Å². The standard InChI is InChI=1S/C7H15O.C5H9O2.W/c1-5-8-6-7(2,3)4;1-3-5(6)4-7-2;/h1,5-6H2,2-4H3;1,3-4H2,2H3;/q2*-1;+2. The number of carbonyl (C=O) groups excluding carboxylic acids is 1. The summed E-state index contributed by atoms with van der Waals surface area (Å²) in [7, 11) is 1.49. The summed E-state index contributed by atoms with van der Waals surface area (Å²) >= 11 is 0. The predicted molar refractivity (Wildman–Crippen MR) is 62.5 cm³/mol. The van der Waals surface area contributed by atoms with Crippen molar-refractivity contribution in [2.45, 2.75) is 27.2 Å². The molecule has 0 bridgehead atoms. The van der Waals surface area contributed by atoms with Crippen molar-refractivity contribution in [3.05, 3.63) is 13.8 Å². The van der Waals surface area contributed by atoms with Crippen molar-refractivity contribution in [3.8, 4) is 0 Å². The summed E-state index contributed by atoms with van der Waals surface area (Å²) in [5.74, 6) is 0.0440. The van der Waals surface area contributed by atoms with Crippen molar-refractivity contribution < 1.29 is 35.3 Å². The molecule has 16 heavy (non-hydrogen) atoms. The van der Waals surface area contributed by atoms with E-state index in [9.17, 15) is 4.79 Å². The normalized spacial score (nSPS) is 9.88. The number of carbonyl (C=O) groups is 1. The van der Waals surface area contributed by atoms with E-state index in [0.29, 0.717) is 13.0 Å². The van der Waals surface area contributed by atoms with Gasteiger partial charge in [-0.1, -0.05) is 27.4 Å². The molecule has 0 radical (unpaired) electrons. The summed E-state index contributed by atoms with van der Waals surface area (Å²) in [6.07, 6.45) is 0.327. The first kappa shape index (κ1) is 21.6. The van der Waals surface area contributed by atoms with E-state index in [2.05, 4.69) is 39.4 Å². The van der Waals surface area contributed by atoms with Crippen LogP contribution in [0, 0.1) is 19.3 Å². The molecule has 0 atom stereocenters. The van der Waals surface area contributed by atoms with Gasteiger partial charge in [-0.25, -0.2) is 0 Å². The van der Waals surface area contributed by atoms with Crippen LogP contribution in [0.3, 0.4) is 0 Å². The zero-order valence-corrected chi connectivity index (χ0v) is 13.8. The molecule has 0 aromatic rings. The van der Waals surface area contributed by atoms with E-state index in [1.807, 2.05) is 0 Å². The molecule has 0 aromatic carbocycles. The minimum Gasteiger partial charge on any atom is -0.413 e. The maximum Gasteiger partial charge on any atom is 2.00 e. The molecule has 0 aliphatic carbocycles. The van der Waals surface area contributed by atoms with Crippen molar-refractivity contribution in [1.29, 1.82) is 0 Å². The largest absolute Gasteiger partial charge is 2.00 e. The van der Waals surface area contributed by atoms with Crippen LogP contribution >= 0.6 is 0 Å². The first-order chi connectivity index (χ1) is 6.87. The summed E-state index contributed by atoms with van der Waals surface area (Å²) < 4.78 is 9.59. The molecule has 0 aliphatic heterocycles. The third kappa shape index (κ3) is 23.8. The molecule has 0 saturated heterocycles. The number of methoxy groups -OCH3 is 1. The Bertz CT molecular complexity index is 153. The van der Waals surface area contributed by atoms with Gasteiger partial charge in [-0.2, -0.15) is 0 Å². The smallest absolute Gasteiger partial charge is 0.413 e. The van der Waals surface area contributed by atoms with Crippen LogP contribution in [0.5, 0.6) is 0 Å². The van der Waals surface area contributed by atoms with Gasteiger partial charge in [-0.15, -0.1) is 6.42 Å². The Balaban J connectivity index is -0.000000200. The average molecular weight is 400 g/mol. The first-order valence-electron chi connectivity index (χ1n) is 5.04. The monoisotopic (exact) mass is 400 g/mol. The quantitative estimate of drug-likeness (QED) is 0.665. The summed E-state index contributed by atoms with van der Waals surface area (Å²) in [5.41, 5.74) is 0.289. The molecular weight excluding hydrogens is 376 g/mol. The molecule has 0 fully saturated rings. The molecule has 0 N–H and O–H groups in total. The molecule has 4 heteroatoms. The Morgan fingerprint density at radius 3 is 1.88 bits per heavy atom. The second kappa shape index (κ2) is 13.3. The molecule has 0 aromatic heterocycles. The van der Waals surface area contributed by atoms with Gasteiger partial charge in [0.05, 0.1) is 0 Å². The number of ketones is 1. The number of hydrogen-bond donors (Lipinski definition) is 0. The number of hydrogen-bond acceptors (Lipinski definition) is 3. The summed E-state index contributed by atoms with van der Waals surface area (Å²) in [6.45, 7) is 14.9. The molecule has 0 saturated carbocycles. The second-order valence-electron chi connectivity index (χ2n) is 4.33. The van der Waals surface area contributed by atoms with Gasteiger partial charge in [0.1, 0.15) is 12.4 Å². The van der Waals surface area contributed by atoms with Crippen LogP contribution in [0.15, 0.2) is 0 Å². The Labute approximate surface area is 115 Å². The van der Waals surface area contributed by atoms with Crippen LogP contribution < -0.4 is 0 Å². The summed E-state index contributed by atoms with van der Waals surface area (Å²) in [5, 5.41) is 0. The third-order valence-electron chi connectivity index (χ3n) is 1.26. The van der Waals surface area contributed by atoms with Crippen molar-refractivity contribution in [1.82, 2.24) is 0 Å². The second-order valence-corrected chi connectivity index (χ2v) is 4.33. The Morgan fingerprint density at radius 1 is 1.25 bits per heavy atom. The van der Waals surface area contributed by atoms with E-state index < -0.39 is 0 Å². The molecule has 3 nitrogen and oxygen atoms in total. The molecule has 0 aliphatic rings. The van der Waals surface area contributed by atoms with Crippen molar-refractivity contribution in [3.63, 3.8) is 0 Å². The molecular formula is C12H24O3W. The zero-order valence-electron chi connectivity index (χ0n) is 10.9. The van der Waals surface area contributed by atoms with Gasteiger partial charge in [-0.3, -0.25) is 0 Å². The topological polar surface area (TPSA) is 35.5 Å². The Kier molecular flexibility index (Phi) is 18.0. The maximum atomic E-state index is 10.2. The van der Waals surface area contributed by atoms with Gasteiger partial charge < -0.3 is 28.1 Å². The Hall–Kier alpha value is 0.278. The minimum atomic E-state index is 0. The summed E-state index contributed by atoms with van der Waals surface area (Å²) in [4.78, 5) is 10.2. The fourth-order valence-electron chi connectivity index (χ4n) is 0.612. The fourth-order valence-corrected chi connectivity index (χ4v) is 0.612. The number of ether oxygens (including phenoxy) is 2.